The van der Waals surface area contributed by atoms with Gasteiger partial charge in [0.1, 0.15) is 0 Å². The molecule has 1 rings (SSSR count). The summed E-state index contributed by atoms with van der Waals surface area (Å²) in [6.07, 6.45) is 18.8. The summed E-state index contributed by atoms with van der Waals surface area (Å²) in [5.41, 5.74) is 0. The molecule has 0 saturated carbocycles. The SMILES string of the molecule is O=C1CCCCCCCCCCCCCSCCCCCO1. The Hall–Kier alpha value is -0.180. The fraction of sp³-hybridized carbons (Fsp3) is 0.947. The molecule has 0 aromatic rings. The molecular weight excluding hydrogens is 292 g/mol. The van der Waals surface area contributed by atoms with Gasteiger partial charge < -0.3 is 4.74 Å². The van der Waals surface area contributed by atoms with E-state index >= 15 is 0 Å². The Morgan fingerprint density at radius 3 is 1.64 bits per heavy atom. The number of esters is 1. The van der Waals surface area contributed by atoms with Gasteiger partial charge in [0.25, 0.3) is 0 Å². The molecule has 3 heteroatoms. The summed E-state index contributed by atoms with van der Waals surface area (Å²) >= 11 is 2.10. The van der Waals surface area contributed by atoms with Gasteiger partial charge in [-0.2, -0.15) is 11.8 Å². The second-order valence-corrected chi connectivity index (χ2v) is 7.76. The molecule has 1 aliphatic heterocycles. The van der Waals surface area contributed by atoms with E-state index < -0.39 is 0 Å². The highest BCUT2D eigenvalue weighted by Gasteiger charge is 2.02. The third kappa shape index (κ3) is 13.5. The maximum atomic E-state index is 11.6. The first-order valence-electron chi connectivity index (χ1n) is 9.63. The van der Waals surface area contributed by atoms with Crippen LogP contribution in [0.25, 0.3) is 0 Å². The van der Waals surface area contributed by atoms with Gasteiger partial charge in [0.15, 0.2) is 0 Å². The number of ether oxygens (including phenoxy) is 1. The van der Waals surface area contributed by atoms with E-state index in [4.69, 9.17) is 4.74 Å². The van der Waals surface area contributed by atoms with Crippen molar-refractivity contribution in [3.63, 3.8) is 0 Å². The van der Waals surface area contributed by atoms with E-state index in [-0.39, 0.29) is 5.97 Å². The van der Waals surface area contributed by atoms with E-state index in [0.717, 1.165) is 12.8 Å². The molecule has 1 heterocycles. The third-order valence-corrected chi connectivity index (χ3v) is 5.52. The largest absolute Gasteiger partial charge is 0.466 e. The highest BCUT2D eigenvalue weighted by Crippen LogP contribution is 2.14. The first-order valence-corrected chi connectivity index (χ1v) is 10.8. The average Bonchev–Trinajstić information content (AvgIpc) is 2.52. The van der Waals surface area contributed by atoms with Crippen LogP contribution in [0, 0.1) is 0 Å². The van der Waals surface area contributed by atoms with Crippen molar-refractivity contribution in [3.8, 4) is 0 Å². The maximum Gasteiger partial charge on any atom is 0.305 e. The molecule has 22 heavy (non-hydrogen) atoms. The Labute approximate surface area is 142 Å². The monoisotopic (exact) mass is 328 g/mol. The van der Waals surface area contributed by atoms with E-state index in [1.54, 1.807) is 0 Å². The summed E-state index contributed by atoms with van der Waals surface area (Å²) < 4.78 is 5.29. The Kier molecular flexibility index (Phi) is 14.2. The normalized spacial score (nSPS) is 23.2. The Bertz CT molecular complexity index is 232. The lowest BCUT2D eigenvalue weighted by Gasteiger charge is -2.05. The molecule has 0 radical (unpaired) electrons. The minimum Gasteiger partial charge on any atom is -0.466 e. The summed E-state index contributed by atoms with van der Waals surface area (Å²) in [6.45, 7) is 0.628. The summed E-state index contributed by atoms with van der Waals surface area (Å²) in [6, 6.07) is 0. The van der Waals surface area contributed by atoms with Crippen molar-refractivity contribution in [2.75, 3.05) is 18.1 Å². The van der Waals surface area contributed by atoms with Gasteiger partial charge in [-0.15, -0.1) is 0 Å². The standard InChI is InChI=1S/C19H36O2S/c20-19-15-11-8-6-4-2-1-3-5-7-9-13-17-22-18-14-10-12-16-21-19/h1-18H2. The lowest BCUT2D eigenvalue weighted by Crippen LogP contribution is -2.05. The van der Waals surface area contributed by atoms with Crippen LogP contribution in [0.3, 0.4) is 0 Å². The second-order valence-electron chi connectivity index (χ2n) is 6.53. The quantitative estimate of drug-likeness (QED) is 0.500. The van der Waals surface area contributed by atoms with Gasteiger partial charge in [0.05, 0.1) is 6.61 Å². The van der Waals surface area contributed by atoms with Crippen LogP contribution in [0.4, 0.5) is 0 Å². The van der Waals surface area contributed by atoms with Gasteiger partial charge in [-0.05, 0) is 43.6 Å². The molecule has 1 saturated heterocycles. The van der Waals surface area contributed by atoms with Crippen LogP contribution in [0.2, 0.25) is 0 Å². The third-order valence-electron chi connectivity index (χ3n) is 4.37. The zero-order valence-corrected chi connectivity index (χ0v) is 15.3. The summed E-state index contributed by atoms with van der Waals surface area (Å²) in [5.74, 6) is 2.61. The van der Waals surface area contributed by atoms with Crippen LogP contribution >= 0.6 is 11.8 Å². The molecule has 0 atom stereocenters. The Balaban J connectivity index is 2.09. The molecular formula is C19H36O2S. The van der Waals surface area contributed by atoms with Crippen molar-refractivity contribution in [3.05, 3.63) is 0 Å². The molecule has 130 valence electrons. The molecule has 0 aromatic heterocycles. The topological polar surface area (TPSA) is 26.3 Å². The highest BCUT2D eigenvalue weighted by atomic mass is 32.2. The second kappa shape index (κ2) is 15.7. The molecule has 0 spiro atoms. The van der Waals surface area contributed by atoms with Crippen LogP contribution in [0.1, 0.15) is 96.3 Å². The lowest BCUT2D eigenvalue weighted by molar-refractivity contribution is -0.143. The number of carbonyl (C=O) groups excluding carboxylic acids is 1. The fourth-order valence-electron chi connectivity index (χ4n) is 2.91. The van der Waals surface area contributed by atoms with Crippen molar-refractivity contribution in [1.82, 2.24) is 0 Å². The number of hydrogen-bond acceptors (Lipinski definition) is 3. The van der Waals surface area contributed by atoms with Gasteiger partial charge in [-0.25, -0.2) is 0 Å². The van der Waals surface area contributed by atoms with Crippen LogP contribution < -0.4 is 0 Å². The molecule has 2 nitrogen and oxygen atoms in total. The van der Waals surface area contributed by atoms with E-state index in [9.17, 15) is 4.79 Å². The van der Waals surface area contributed by atoms with Crippen molar-refractivity contribution < 1.29 is 9.53 Å². The van der Waals surface area contributed by atoms with Gasteiger partial charge >= 0.3 is 5.97 Å². The molecule has 1 aliphatic rings. The van der Waals surface area contributed by atoms with Gasteiger partial charge in [-0.1, -0.05) is 57.8 Å². The number of rotatable bonds is 0. The molecule has 1 fully saturated rings. The van der Waals surface area contributed by atoms with E-state index in [0.29, 0.717) is 13.0 Å². The van der Waals surface area contributed by atoms with Crippen molar-refractivity contribution in [2.24, 2.45) is 0 Å². The Morgan fingerprint density at radius 2 is 1.05 bits per heavy atom. The zero-order valence-electron chi connectivity index (χ0n) is 14.5. The molecule has 0 aliphatic carbocycles. The summed E-state index contributed by atoms with van der Waals surface area (Å²) in [7, 11) is 0. The van der Waals surface area contributed by atoms with Crippen LogP contribution in [-0.2, 0) is 9.53 Å². The predicted octanol–water partition coefficient (Wildman–Crippen LogP) is 6.13. The number of thioether (sulfide) groups is 1. The zero-order chi connectivity index (χ0) is 15.7. The maximum absolute atomic E-state index is 11.6. The Morgan fingerprint density at radius 1 is 0.591 bits per heavy atom. The van der Waals surface area contributed by atoms with Crippen LogP contribution in [0.15, 0.2) is 0 Å². The van der Waals surface area contributed by atoms with Gasteiger partial charge in [0.2, 0.25) is 0 Å². The fourth-order valence-corrected chi connectivity index (χ4v) is 3.93. The molecule has 0 aromatic carbocycles. The van der Waals surface area contributed by atoms with Crippen molar-refractivity contribution in [2.45, 2.75) is 96.3 Å². The van der Waals surface area contributed by atoms with E-state index in [1.165, 1.54) is 88.6 Å². The summed E-state index contributed by atoms with van der Waals surface area (Å²) in [4.78, 5) is 11.6. The van der Waals surface area contributed by atoms with Gasteiger partial charge in [-0.3, -0.25) is 4.79 Å². The summed E-state index contributed by atoms with van der Waals surface area (Å²) in [5, 5.41) is 0. The smallest absolute Gasteiger partial charge is 0.305 e. The number of cyclic esters (lactones) is 1. The van der Waals surface area contributed by atoms with Crippen molar-refractivity contribution in [1.29, 1.82) is 0 Å². The number of hydrogen-bond donors (Lipinski definition) is 0. The minimum absolute atomic E-state index is 0.0141. The average molecular weight is 329 g/mol. The van der Waals surface area contributed by atoms with Crippen molar-refractivity contribution >= 4 is 17.7 Å². The number of carbonyl (C=O) groups is 1. The van der Waals surface area contributed by atoms with Crippen LogP contribution in [0.5, 0.6) is 0 Å². The highest BCUT2D eigenvalue weighted by molar-refractivity contribution is 7.99. The molecule has 0 amide bonds. The predicted molar refractivity (Wildman–Crippen MR) is 97.5 cm³/mol. The molecule has 0 unspecified atom stereocenters. The minimum atomic E-state index is 0.0141. The van der Waals surface area contributed by atoms with E-state index in [1.807, 2.05) is 0 Å². The van der Waals surface area contributed by atoms with E-state index in [2.05, 4.69) is 11.8 Å². The molecule has 0 bridgehead atoms. The first-order chi connectivity index (χ1) is 10.9. The first kappa shape index (κ1) is 19.9. The molecule has 0 N–H and O–H groups in total. The lowest BCUT2D eigenvalue weighted by atomic mass is 10.1. The van der Waals surface area contributed by atoms with Crippen LogP contribution in [-0.4, -0.2) is 24.1 Å². The van der Waals surface area contributed by atoms with Gasteiger partial charge in [0, 0.05) is 6.42 Å².